The molecule has 0 radical (unpaired) electrons. The van der Waals surface area contributed by atoms with Crippen LogP contribution in [0.4, 0.5) is 0 Å². The van der Waals surface area contributed by atoms with Crippen LogP contribution in [0.1, 0.15) is 33.7 Å². The van der Waals surface area contributed by atoms with Gasteiger partial charge in [0.1, 0.15) is 12.1 Å². The van der Waals surface area contributed by atoms with Crippen LogP contribution in [-0.2, 0) is 6.42 Å². The second-order valence-corrected chi connectivity index (χ2v) is 13.8. The average molecular weight is 650 g/mol. The number of hydrogen-bond acceptors (Lipinski definition) is 2. The lowest BCUT2D eigenvalue weighted by molar-refractivity contribution is 1.00. The highest BCUT2D eigenvalue weighted by atomic mass is 15.1. The molecular weight excluding hydrogens is 619 g/mol. The average Bonchev–Trinajstić information content (AvgIpc) is 3.86. The van der Waals surface area contributed by atoms with E-state index in [0.29, 0.717) is 0 Å². The Labute approximate surface area is 296 Å². The van der Waals surface area contributed by atoms with Crippen LogP contribution in [0, 0.1) is 0 Å². The van der Waals surface area contributed by atoms with E-state index in [4.69, 9.17) is 9.97 Å². The van der Waals surface area contributed by atoms with Gasteiger partial charge in [-0.25, -0.2) is 9.97 Å². The Morgan fingerprint density at radius 2 is 1.14 bits per heavy atom. The van der Waals surface area contributed by atoms with Crippen LogP contribution < -0.4 is 0 Å². The Kier molecular flexibility index (Phi) is 6.08. The minimum Gasteiger partial charge on any atom is -0.293 e. The van der Waals surface area contributed by atoms with E-state index < -0.39 is 0 Å². The molecule has 0 N–H and O–H groups in total. The van der Waals surface area contributed by atoms with Crippen LogP contribution in [0.15, 0.2) is 170 Å². The first kappa shape index (κ1) is 28.3. The number of nitrogens with zero attached hydrogens (tertiary/aromatic N) is 3. The fraction of sp³-hybridized carbons (Fsp3) is 0.0417. The second-order valence-electron chi connectivity index (χ2n) is 13.8. The number of fused-ring (bicyclic) bond motifs is 9. The zero-order valence-corrected chi connectivity index (χ0v) is 27.8. The molecule has 2 aliphatic rings. The summed E-state index contributed by atoms with van der Waals surface area (Å²) in [5.41, 5.74) is 18.7. The van der Waals surface area contributed by atoms with Crippen LogP contribution >= 0.6 is 0 Å². The minimum atomic E-state index is 0.176. The third-order valence-corrected chi connectivity index (χ3v) is 11.1. The molecule has 0 saturated carbocycles. The van der Waals surface area contributed by atoms with Crippen molar-refractivity contribution in [2.45, 2.75) is 12.3 Å². The van der Waals surface area contributed by atoms with Crippen molar-refractivity contribution in [1.82, 2.24) is 14.5 Å². The third kappa shape index (κ3) is 4.25. The fourth-order valence-electron chi connectivity index (χ4n) is 8.71. The molecule has 2 heterocycles. The highest BCUT2D eigenvalue weighted by Gasteiger charge is 2.30. The lowest BCUT2D eigenvalue weighted by atomic mass is 9.87. The number of aromatic nitrogens is 3. The summed E-state index contributed by atoms with van der Waals surface area (Å²) in [6.07, 6.45) is 2.56. The number of hydrogen-bond donors (Lipinski definition) is 0. The fourth-order valence-corrected chi connectivity index (χ4v) is 8.71. The monoisotopic (exact) mass is 649 g/mol. The van der Waals surface area contributed by atoms with Crippen LogP contribution in [0.2, 0.25) is 0 Å². The molecule has 51 heavy (non-hydrogen) atoms. The normalized spacial score (nSPS) is 14.0. The molecule has 3 nitrogen and oxygen atoms in total. The number of benzene rings is 7. The van der Waals surface area contributed by atoms with Gasteiger partial charge in [-0.05, 0) is 79.9 Å². The molecule has 0 bridgehead atoms. The lowest BCUT2D eigenvalue weighted by Crippen LogP contribution is -2.03. The molecule has 1 unspecified atom stereocenters. The standard InChI is InChI=1S/C48H31N3/c1-2-10-30(11-3-1)31-18-20-32(21-19-31)46-40-16-7-6-14-37(40)38-24-22-33(27-42(38)46)34-23-25-45-41(26-34)39-15-8-9-17-44(39)51(45)48-43-28-35-12-4-5-13-36(35)47(43)49-29-50-48/h1-27,29,46H,28H2. The van der Waals surface area contributed by atoms with Gasteiger partial charge < -0.3 is 0 Å². The van der Waals surface area contributed by atoms with Crippen molar-refractivity contribution in [2.24, 2.45) is 0 Å². The molecule has 238 valence electrons. The van der Waals surface area contributed by atoms with Gasteiger partial charge in [-0.1, -0.05) is 140 Å². The summed E-state index contributed by atoms with van der Waals surface area (Å²) in [5, 5.41) is 2.45. The molecule has 0 aliphatic heterocycles. The highest BCUT2D eigenvalue weighted by Crippen LogP contribution is 2.49. The maximum atomic E-state index is 4.93. The maximum absolute atomic E-state index is 4.93. The molecule has 0 saturated heterocycles. The van der Waals surface area contributed by atoms with Crippen molar-refractivity contribution in [3.8, 4) is 50.5 Å². The van der Waals surface area contributed by atoms with E-state index in [1.807, 2.05) is 0 Å². The largest absolute Gasteiger partial charge is 0.293 e. The van der Waals surface area contributed by atoms with Gasteiger partial charge in [0.15, 0.2) is 0 Å². The number of rotatable bonds is 4. The van der Waals surface area contributed by atoms with Crippen molar-refractivity contribution in [2.75, 3.05) is 0 Å². The Morgan fingerprint density at radius 1 is 0.471 bits per heavy atom. The predicted molar refractivity (Wildman–Crippen MR) is 208 cm³/mol. The van der Waals surface area contributed by atoms with Gasteiger partial charge in [-0.3, -0.25) is 4.57 Å². The van der Waals surface area contributed by atoms with Gasteiger partial charge >= 0.3 is 0 Å². The Bertz CT molecular complexity index is 2830. The van der Waals surface area contributed by atoms with Crippen molar-refractivity contribution in [1.29, 1.82) is 0 Å². The molecule has 2 aliphatic carbocycles. The van der Waals surface area contributed by atoms with Crippen molar-refractivity contribution in [3.05, 3.63) is 198 Å². The smallest absolute Gasteiger partial charge is 0.145 e. The zero-order valence-electron chi connectivity index (χ0n) is 27.8. The van der Waals surface area contributed by atoms with Crippen molar-refractivity contribution >= 4 is 21.8 Å². The summed E-state index contributed by atoms with van der Waals surface area (Å²) < 4.78 is 2.34. The summed E-state index contributed by atoms with van der Waals surface area (Å²) in [7, 11) is 0. The molecule has 9 aromatic rings. The molecule has 2 aromatic heterocycles. The molecule has 11 rings (SSSR count). The first-order valence-electron chi connectivity index (χ1n) is 17.6. The van der Waals surface area contributed by atoms with Crippen LogP contribution in [0.25, 0.3) is 72.3 Å². The van der Waals surface area contributed by atoms with Gasteiger partial charge in [0.05, 0.1) is 16.7 Å². The first-order chi connectivity index (χ1) is 25.3. The van der Waals surface area contributed by atoms with E-state index in [-0.39, 0.29) is 5.92 Å². The molecule has 1 atom stereocenters. The lowest BCUT2D eigenvalue weighted by Gasteiger charge is -2.16. The van der Waals surface area contributed by atoms with Crippen molar-refractivity contribution in [3.63, 3.8) is 0 Å². The Morgan fingerprint density at radius 3 is 2.04 bits per heavy atom. The zero-order chi connectivity index (χ0) is 33.5. The summed E-state index contributed by atoms with van der Waals surface area (Å²) in [6, 6.07) is 60.0. The quantitative estimate of drug-likeness (QED) is 0.190. The van der Waals surface area contributed by atoms with E-state index in [1.54, 1.807) is 6.33 Å². The van der Waals surface area contributed by atoms with E-state index in [9.17, 15) is 0 Å². The van der Waals surface area contributed by atoms with E-state index in [2.05, 4.69) is 168 Å². The predicted octanol–water partition coefficient (Wildman–Crippen LogP) is 11.6. The van der Waals surface area contributed by atoms with Gasteiger partial charge in [-0.15, -0.1) is 0 Å². The van der Waals surface area contributed by atoms with Crippen molar-refractivity contribution < 1.29 is 0 Å². The van der Waals surface area contributed by atoms with E-state index in [1.165, 1.54) is 77.5 Å². The maximum Gasteiger partial charge on any atom is 0.145 e. The van der Waals surface area contributed by atoms with Gasteiger partial charge in [0, 0.05) is 34.2 Å². The Hall–Kier alpha value is -6.58. The van der Waals surface area contributed by atoms with Gasteiger partial charge in [-0.2, -0.15) is 0 Å². The highest BCUT2D eigenvalue weighted by molar-refractivity contribution is 6.10. The topological polar surface area (TPSA) is 30.7 Å². The van der Waals surface area contributed by atoms with Crippen LogP contribution in [-0.4, -0.2) is 14.5 Å². The molecule has 3 heteroatoms. The third-order valence-electron chi connectivity index (χ3n) is 11.1. The van der Waals surface area contributed by atoms with Gasteiger partial charge in [0.25, 0.3) is 0 Å². The molecule has 0 fully saturated rings. The molecule has 0 spiro atoms. The summed E-state index contributed by atoms with van der Waals surface area (Å²) >= 11 is 0. The SMILES string of the molecule is c1ccc(-c2ccc(C3c4ccccc4-c4ccc(-c5ccc6c(c5)c5ccccc5n6-c5ncnc6c5Cc5ccccc5-6)cc43)cc2)cc1. The van der Waals surface area contributed by atoms with E-state index in [0.717, 1.165) is 29.0 Å². The van der Waals surface area contributed by atoms with Crippen LogP contribution in [0.3, 0.4) is 0 Å². The minimum absolute atomic E-state index is 0.176. The molecule has 7 aromatic carbocycles. The van der Waals surface area contributed by atoms with Crippen LogP contribution in [0.5, 0.6) is 0 Å². The first-order valence-corrected chi connectivity index (χ1v) is 17.6. The van der Waals surface area contributed by atoms with E-state index >= 15 is 0 Å². The molecular formula is C48H31N3. The number of para-hydroxylation sites is 1. The second kappa shape index (κ2) is 11.0. The molecule has 0 amide bonds. The Balaban J connectivity index is 1.04. The summed E-state index contributed by atoms with van der Waals surface area (Å²) in [4.78, 5) is 9.68. The summed E-state index contributed by atoms with van der Waals surface area (Å²) in [6.45, 7) is 0. The van der Waals surface area contributed by atoms with Gasteiger partial charge in [0.2, 0.25) is 0 Å². The summed E-state index contributed by atoms with van der Waals surface area (Å²) in [5.74, 6) is 1.14.